The lowest BCUT2D eigenvalue weighted by molar-refractivity contribution is 0.0914. The molecule has 0 saturated heterocycles. The van der Waals surface area contributed by atoms with Gasteiger partial charge in [-0.05, 0) is 49.2 Å². The Morgan fingerprint density at radius 2 is 1.85 bits per heavy atom. The maximum Gasteiger partial charge on any atom is 0.261 e. The number of ether oxygens (including phenoxy) is 1. The molecule has 0 spiro atoms. The van der Waals surface area contributed by atoms with E-state index in [1.54, 1.807) is 0 Å². The number of nitrogens with zero attached hydrogens (tertiary/aromatic N) is 2. The van der Waals surface area contributed by atoms with Gasteiger partial charge in [-0.3, -0.25) is 9.36 Å². The van der Waals surface area contributed by atoms with Gasteiger partial charge in [0.2, 0.25) is 0 Å². The van der Waals surface area contributed by atoms with E-state index in [1.807, 2.05) is 32.0 Å². The standard InChI is InChI=1S/C19H18Cl2N2O3/c1-11-3-12(2)5-15(4-11)26-9-14(24)8-23-10-22-18-16(19(23)25)6-13(20)7-17(18)21/h3-7,10,14,24H,8-9H2,1-2H3. The third-order valence-corrected chi connectivity index (χ3v) is 4.40. The van der Waals surface area contributed by atoms with Gasteiger partial charge in [0, 0.05) is 5.02 Å². The molecule has 0 radical (unpaired) electrons. The van der Waals surface area contributed by atoms with E-state index in [0.717, 1.165) is 11.1 Å². The highest BCUT2D eigenvalue weighted by molar-refractivity contribution is 6.38. The quantitative estimate of drug-likeness (QED) is 0.717. The fourth-order valence-corrected chi connectivity index (χ4v) is 3.36. The van der Waals surface area contributed by atoms with Crippen molar-refractivity contribution in [2.45, 2.75) is 26.5 Å². The van der Waals surface area contributed by atoms with Gasteiger partial charge in [-0.15, -0.1) is 0 Å². The maximum absolute atomic E-state index is 12.6. The van der Waals surface area contributed by atoms with Gasteiger partial charge in [-0.25, -0.2) is 4.98 Å². The normalized spacial score (nSPS) is 12.3. The molecule has 1 unspecified atom stereocenters. The van der Waals surface area contributed by atoms with E-state index in [4.69, 9.17) is 27.9 Å². The van der Waals surface area contributed by atoms with Crippen LogP contribution in [0, 0.1) is 13.8 Å². The summed E-state index contributed by atoms with van der Waals surface area (Å²) in [4.78, 5) is 16.8. The molecule has 0 aliphatic heterocycles. The topological polar surface area (TPSA) is 64.3 Å². The van der Waals surface area contributed by atoms with Crippen molar-refractivity contribution in [2.24, 2.45) is 0 Å². The van der Waals surface area contributed by atoms with Crippen LogP contribution in [0.4, 0.5) is 0 Å². The molecule has 1 aromatic heterocycles. The molecule has 5 nitrogen and oxygen atoms in total. The maximum atomic E-state index is 12.6. The Morgan fingerprint density at radius 3 is 2.54 bits per heavy atom. The summed E-state index contributed by atoms with van der Waals surface area (Å²) in [7, 11) is 0. The first-order chi connectivity index (χ1) is 12.3. The van der Waals surface area contributed by atoms with Crippen molar-refractivity contribution in [1.29, 1.82) is 0 Å². The van der Waals surface area contributed by atoms with Gasteiger partial charge < -0.3 is 9.84 Å². The second kappa shape index (κ2) is 7.66. The van der Waals surface area contributed by atoms with Crippen molar-refractivity contribution in [1.82, 2.24) is 9.55 Å². The molecule has 1 N–H and O–H groups in total. The highest BCUT2D eigenvalue weighted by atomic mass is 35.5. The number of aliphatic hydroxyl groups excluding tert-OH is 1. The molecule has 2 aromatic carbocycles. The second-order valence-electron chi connectivity index (χ2n) is 6.27. The van der Waals surface area contributed by atoms with Gasteiger partial charge in [0.25, 0.3) is 5.56 Å². The molecule has 3 rings (SSSR count). The van der Waals surface area contributed by atoms with Crippen LogP contribution in [0.15, 0.2) is 41.5 Å². The first-order valence-corrected chi connectivity index (χ1v) is 8.82. The molecule has 1 heterocycles. The monoisotopic (exact) mass is 392 g/mol. The zero-order chi connectivity index (χ0) is 18.8. The predicted molar refractivity (Wildman–Crippen MR) is 103 cm³/mol. The molecule has 0 bridgehead atoms. The van der Waals surface area contributed by atoms with E-state index in [1.165, 1.54) is 23.0 Å². The van der Waals surface area contributed by atoms with Crippen LogP contribution in [0.2, 0.25) is 10.0 Å². The highest BCUT2D eigenvalue weighted by Crippen LogP contribution is 2.24. The van der Waals surface area contributed by atoms with Crippen LogP contribution in [-0.2, 0) is 6.54 Å². The number of hydrogen-bond donors (Lipinski definition) is 1. The fraction of sp³-hybridized carbons (Fsp3) is 0.263. The minimum atomic E-state index is -0.873. The summed E-state index contributed by atoms with van der Waals surface area (Å²) in [5.41, 5.74) is 2.24. The van der Waals surface area contributed by atoms with Crippen molar-refractivity contribution >= 4 is 34.1 Å². The zero-order valence-electron chi connectivity index (χ0n) is 14.4. The molecule has 3 aromatic rings. The summed E-state index contributed by atoms with van der Waals surface area (Å²) in [6.45, 7) is 4.07. The SMILES string of the molecule is Cc1cc(C)cc(OCC(O)Cn2cnc3c(Cl)cc(Cl)cc3c2=O)c1. The Balaban J connectivity index is 1.76. The van der Waals surface area contributed by atoms with E-state index >= 15 is 0 Å². The van der Waals surface area contributed by atoms with Crippen LogP contribution in [0.25, 0.3) is 10.9 Å². The molecule has 0 aliphatic rings. The van der Waals surface area contributed by atoms with Crippen molar-refractivity contribution in [3.05, 3.63) is 68.2 Å². The Kier molecular flexibility index (Phi) is 5.51. The molecule has 7 heteroatoms. The molecular weight excluding hydrogens is 375 g/mol. The molecule has 136 valence electrons. The van der Waals surface area contributed by atoms with E-state index < -0.39 is 6.10 Å². The summed E-state index contributed by atoms with van der Waals surface area (Å²) >= 11 is 12.0. The minimum Gasteiger partial charge on any atom is -0.491 e. The van der Waals surface area contributed by atoms with Gasteiger partial charge in [0.1, 0.15) is 18.5 Å². The lowest BCUT2D eigenvalue weighted by atomic mass is 10.1. The van der Waals surface area contributed by atoms with Crippen molar-refractivity contribution in [3.8, 4) is 5.75 Å². The molecular formula is C19H18Cl2N2O3. The van der Waals surface area contributed by atoms with Crippen LogP contribution in [0.3, 0.4) is 0 Å². The number of fused-ring (bicyclic) bond motifs is 1. The van der Waals surface area contributed by atoms with Crippen LogP contribution >= 0.6 is 23.2 Å². The lowest BCUT2D eigenvalue weighted by Crippen LogP contribution is -2.30. The van der Waals surface area contributed by atoms with Crippen molar-refractivity contribution in [2.75, 3.05) is 6.61 Å². The average Bonchev–Trinajstić information content (AvgIpc) is 2.55. The molecule has 0 saturated carbocycles. The van der Waals surface area contributed by atoms with Crippen LogP contribution in [-0.4, -0.2) is 27.4 Å². The summed E-state index contributed by atoms with van der Waals surface area (Å²) in [6.07, 6.45) is 0.493. The molecule has 26 heavy (non-hydrogen) atoms. The predicted octanol–water partition coefficient (Wildman–Crippen LogP) is 3.76. The van der Waals surface area contributed by atoms with Gasteiger partial charge in [0.05, 0.1) is 28.8 Å². The van der Waals surface area contributed by atoms with E-state index in [-0.39, 0.29) is 18.7 Å². The number of aromatic nitrogens is 2. The Labute approximate surface area is 160 Å². The third-order valence-electron chi connectivity index (χ3n) is 3.89. The van der Waals surface area contributed by atoms with E-state index in [2.05, 4.69) is 4.98 Å². The largest absolute Gasteiger partial charge is 0.491 e. The number of hydrogen-bond acceptors (Lipinski definition) is 4. The van der Waals surface area contributed by atoms with Crippen LogP contribution in [0.1, 0.15) is 11.1 Å². The van der Waals surface area contributed by atoms with Crippen molar-refractivity contribution < 1.29 is 9.84 Å². The first-order valence-electron chi connectivity index (χ1n) is 8.07. The third kappa shape index (κ3) is 4.18. The Hall–Kier alpha value is -2.08. The minimum absolute atomic E-state index is 0.0523. The van der Waals surface area contributed by atoms with E-state index in [0.29, 0.717) is 26.7 Å². The number of rotatable bonds is 5. The van der Waals surface area contributed by atoms with Crippen LogP contribution < -0.4 is 10.3 Å². The smallest absolute Gasteiger partial charge is 0.261 e. The zero-order valence-corrected chi connectivity index (χ0v) is 15.9. The fourth-order valence-electron chi connectivity index (χ4n) is 2.81. The van der Waals surface area contributed by atoms with Gasteiger partial charge in [-0.1, -0.05) is 29.3 Å². The first kappa shape index (κ1) is 18.7. The second-order valence-corrected chi connectivity index (χ2v) is 7.12. The average molecular weight is 393 g/mol. The molecule has 0 aliphatic carbocycles. The lowest BCUT2D eigenvalue weighted by Gasteiger charge is -2.15. The van der Waals surface area contributed by atoms with Crippen molar-refractivity contribution in [3.63, 3.8) is 0 Å². The number of aryl methyl sites for hydroxylation is 2. The van der Waals surface area contributed by atoms with Gasteiger partial charge >= 0.3 is 0 Å². The van der Waals surface area contributed by atoms with E-state index in [9.17, 15) is 9.90 Å². The highest BCUT2D eigenvalue weighted by Gasteiger charge is 2.12. The van der Waals surface area contributed by atoms with Gasteiger partial charge in [-0.2, -0.15) is 0 Å². The van der Waals surface area contributed by atoms with Crippen LogP contribution in [0.5, 0.6) is 5.75 Å². The Bertz CT molecular complexity index is 997. The summed E-state index contributed by atoms with van der Waals surface area (Å²) < 4.78 is 6.96. The summed E-state index contributed by atoms with van der Waals surface area (Å²) in [6, 6.07) is 8.89. The molecule has 0 fully saturated rings. The number of benzene rings is 2. The number of aliphatic hydroxyl groups is 1. The van der Waals surface area contributed by atoms with Gasteiger partial charge in [0.15, 0.2) is 0 Å². The molecule has 1 atom stereocenters. The summed E-state index contributed by atoms with van der Waals surface area (Å²) in [5.74, 6) is 0.684. The Morgan fingerprint density at radius 1 is 1.15 bits per heavy atom. The molecule has 0 amide bonds. The summed E-state index contributed by atoms with van der Waals surface area (Å²) in [5, 5.41) is 11.2. The number of halogens is 2.